The van der Waals surface area contributed by atoms with Gasteiger partial charge in [-0.05, 0) is 31.6 Å². The molecule has 0 aliphatic carbocycles. The first-order valence-corrected chi connectivity index (χ1v) is 35.6. The van der Waals surface area contributed by atoms with Gasteiger partial charge in [-0.3, -0.25) is 37.3 Å². The van der Waals surface area contributed by atoms with E-state index in [4.69, 9.17) is 37.0 Å². The Morgan fingerprint density at radius 1 is 0.333 bits per heavy atom. The van der Waals surface area contributed by atoms with Gasteiger partial charge < -0.3 is 33.8 Å². The summed E-state index contributed by atoms with van der Waals surface area (Å²) >= 11 is 0. The van der Waals surface area contributed by atoms with E-state index in [1.54, 1.807) is 0 Å². The largest absolute Gasteiger partial charge is 0.472 e. The number of carbonyl (C=O) groups is 4. The second-order valence-corrected chi connectivity index (χ2v) is 25.8. The van der Waals surface area contributed by atoms with E-state index in [0.29, 0.717) is 31.6 Å². The fourth-order valence-electron chi connectivity index (χ4n) is 9.23. The Labute approximate surface area is 492 Å². The first-order chi connectivity index (χ1) is 39.0. The number of rotatable bonds is 62. The number of aliphatic hydroxyl groups is 1. The predicted molar refractivity (Wildman–Crippen MR) is 322 cm³/mol. The minimum atomic E-state index is -4.94. The number of aliphatic hydroxyl groups excluding tert-OH is 1. The van der Waals surface area contributed by atoms with Gasteiger partial charge in [-0.1, -0.05) is 259 Å². The topological polar surface area (TPSA) is 237 Å². The highest BCUT2D eigenvalue weighted by Crippen LogP contribution is 2.45. The zero-order chi connectivity index (χ0) is 59.9. The predicted octanol–water partition coefficient (Wildman–Crippen LogP) is 17.0. The van der Waals surface area contributed by atoms with Gasteiger partial charge in [-0.2, -0.15) is 0 Å². The molecule has 0 aromatic rings. The maximum absolute atomic E-state index is 13.0. The van der Waals surface area contributed by atoms with E-state index in [2.05, 4.69) is 34.6 Å². The number of hydrogen-bond acceptors (Lipinski definition) is 15. The lowest BCUT2D eigenvalue weighted by molar-refractivity contribution is -0.161. The molecule has 0 aliphatic rings. The van der Waals surface area contributed by atoms with Crippen molar-refractivity contribution in [2.45, 2.75) is 329 Å². The van der Waals surface area contributed by atoms with Crippen LogP contribution in [0.4, 0.5) is 0 Å². The molecule has 81 heavy (non-hydrogen) atoms. The van der Waals surface area contributed by atoms with Crippen molar-refractivity contribution in [2.75, 3.05) is 39.6 Å². The Morgan fingerprint density at radius 2 is 0.568 bits per heavy atom. The lowest BCUT2D eigenvalue weighted by Gasteiger charge is -2.21. The first-order valence-electron chi connectivity index (χ1n) is 32.6. The molecule has 0 fully saturated rings. The third-order valence-corrected chi connectivity index (χ3v) is 16.2. The Morgan fingerprint density at radius 3 is 0.840 bits per heavy atom. The van der Waals surface area contributed by atoms with Gasteiger partial charge in [0.2, 0.25) is 0 Å². The fraction of sp³-hybridized carbons (Fsp3) is 0.935. The second kappa shape index (κ2) is 55.9. The molecule has 0 aromatic carbocycles. The SMILES string of the molecule is CCCCCCCCCCCCCCCCCCCCCCCC(=O)O[C@H](COC(=O)CCCCCCCCCC(C)C)COP(=O)(O)OC[C@@H](O)COP(=O)(O)OC[C@@H](COC(=O)CCCCCCC)OC(=O)CCCCCCC. The van der Waals surface area contributed by atoms with Crippen molar-refractivity contribution >= 4 is 39.5 Å². The van der Waals surface area contributed by atoms with Crippen molar-refractivity contribution in [3.8, 4) is 0 Å². The van der Waals surface area contributed by atoms with Crippen LogP contribution in [0.3, 0.4) is 0 Å². The van der Waals surface area contributed by atoms with Crippen LogP contribution in [0.25, 0.3) is 0 Å². The molecule has 0 bridgehead atoms. The average Bonchev–Trinajstić information content (AvgIpc) is 3.43. The van der Waals surface area contributed by atoms with Crippen molar-refractivity contribution in [1.82, 2.24) is 0 Å². The van der Waals surface area contributed by atoms with Crippen molar-refractivity contribution in [2.24, 2.45) is 5.92 Å². The van der Waals surface area contributed by atoms with Gasteiger partial charge in [0.05, 0.1) is 26.4 Å². The molecule has 5 atom stereocenters. The van der Waals surface area contributed by atoms with Crippen LogP contribution >= 0.6 is 15.6 Å². The Kier molecular flexibility index (Phi) is 54.6. The highest BCUT2D eigenvalue weighted by Gasteiger charge is 2.30. The van der Waals surface area contributed by atoms with E-state index in [1.807, 2.05) is 0 Å². The number of phosphoric ester groups is 2. The normalized spacial score (nSPS) is 14.3. The minimum Gasteiger partial charge on any atom is -0.462 e. The molecule has 0 aliphatic heterocycles. The molecule has 0 rings (SSSR count). The lowest BCUT2D eigenvalue weighted by atomic mass is 10.0. The average molecular weight is 1200 g/mol. The smallest absolute Gasteiger partial charge is 0.462 e. The second-order valence-electron chi connectivity index (χ2n) is 22.9. The maximum atomic E-state index is 13.0. The number of esters is 4. The van der Waals surface area contributed by atoms with E-state index in [0.717, 1.165) is 103 Å². The molecule has 0 spiro atoms. The number of ether oxygens (including phenoxy) is 4. The van der Waals surface area contributed by atoms with E-state index in [1.165, 1.54) is 122 Å². The highest BCUT2D eigenvalue weighted by atomic mass is 31.2. The summed E-state index contributed by atoms with van der Waals surface area (Å²) in [4.78, 5) is 71.5. The molecular weight excluding hydrogens is 1080 g/mol. The van der Waals surface area contributed by atoms with Crippen molar-refractivity contribution < 1.29 is 80.2 Å². The van der Waals surface area contributed by atoms with Crippen molar-refractivity contribution in [3.63, 3.8) is 0 Å². The van der Waals surface area contributed by atoms with Crippen LogP contribution in [0.15, 0.2) is 0 Å². The van der Waals surface area contributed by atoms with Gasteiger partial charge in [0.1, 0.15) is 19.3 Å². The molecule has 17 nitrogen and oxygen atoms in total. The molecule has 0 amide bonds. The van der Waals surface area contributed by atoms with E-state index in [-0.39, 0.29) is 25.7 Å². The maximum Gasteiger partial charge on any atom is 0.472 e. The van der Waals surface area contributed by atoms with Gasteiger partial charge in [-0.15, -0.1) is 0 Å². The van der Waals surface area contributed by atoms with Crippen LogP contribution in [0, 0.1) is 5.92 Å². The van der Waals surface area contributed by atoms with E-state index < -0.39 is 97.5 Å². The summed E-state index contributed by atoms with van der Waals surface area (Å²) < 4.78 is 67.4. The van der Waals surface area contributed by atoms with Crippen LogP contribution in [-0.2, 0) is 65.4 Å². The summed E-state index contributed by atoms with van der Waals surface area (Å²) in [6, 6.07) is 0. The highest BCUT2D eigenvalue weighted by molar-refractivity contribution is 7.47. The van der Waals surface area contributed by atoms with Crippen LogP contribution in [0.1, 0.15) is 311 Å². The third-order valence-electron chi connectivity index (χ3n) is 14.3. The van der Waals surface area contributed by atoms with Crippen molar-refractivity contribution in [1.29, 1.82) is 0 Å². The summed E-state index contributed by atoms with van der Waals surface area (Å²) in [6.07, 6.45) is 40.1. The zero-order valence-electron chi connectivity index (χ0n) is 51.9. The number of unbranched alkanes of at least 4 members (excludes halogenated alkanes) is 34. The van der Waals surface area contributed by atoms with E-state index in [9.17, 15) is 43.2 Å². The summed E-state index contributed by atoms with van der Waals surface area (Å²) in [6.45, 7) is 6.93. The van der Waals surface area contributed by atoms with Crippen LogP contribution < -0.4 is 0 Å². The fourth-order valence-corrected chi connectivity index (χ4v) is 10.8. The zero-order valence-corrected chi connectivity index (χ0v) is 53.7. The van der Waals surface area contributed by atoms with Crippen LogP contribution in [0.5, 0.6) is 0 Å². The number of carbonyl (C=O) groups excluding carboxylic acids is 4. The molecule has 0 saturated carbocycles. The summed E-state index contributed by atoms with van der Waals surface area (Å²) in [7, 11) is -9.86. The van der Waals surface area contributed by atoms with Gasteiger partial charge in [0.15, 0.2) is 12.2 Å². The molecule has 19 heteroatoms. The standard InChI is InChI=1S/C62H120O17P2/c1-6-9-12-15-16-17-18-19-20-21-22-23-24-25-26-27-28-29-32-38-43-48-62(67)79-58(52-73-60(65)46-41-37-33-30-31-36-39-44-55(4)5)54-77-81(70,71)75-50-56(63)49-74-80(68,69)76-53-57(78-61(66)47-42-35-14-11-8-3)51-72-59(64)45-40-34-13-10-7-2/h55-58,63H,6-54H2,1-5H3,(H,68,69)(H,70,71)/t56-,57+,58+/m0/s1. The van der Waals surface area contributed by atoms with Gasteiger partial charge in [0, 0.05) is 25.7 Å². The van der Waals surface area contributed by atoms with Crippen molar-refractivity contribution in [3.05, 3.63) is 0 Å². The number of phosphoric acid groups is 2. The van der Waals surface area contributed by atoms with Gasteiger partial charge >= 0.3 is 39.5 Å². The monoisotopic (exact) mass is 1200 g/mol. The molecule has 0 aromatic heterocycles. The third kappa shape index (κ3) is 56.9. The Bertz CT molecular complexity index is 1580. The molecular formula is C62H120O17P2. The summed E-state index contributed by atoms with van der Waals surface area (Å²) in [5.41, 5.74) is 0. The molecule has 0 saturated heterocycles. The van der Waals surface area contributed by atoms with Crippen LogP contribution in [0.2, 0.25) is 0 Å². The van der Waals surface area contributed by atoms with Crippen LogP contribution in [-0.4, -0.2) is 96.7 Å². The quantitative estimate of drug-likeness (QED) is 0.0222. The Balaban J connectivity index is 5.01. The summed E-state index contributed by atoms with van der Waals surface area (Å²) in [5, 5.41) is 10.5. The van der Waals surface area contributed by atoms with E-state index >= 15 is 0 Å². The van der Waals surface area contributed by atoms with Gasteiger partial charge in [0.25, 0.3) is 0 Å². The molecule has 480 valence electrons. The summed E-state index contributed by atoms with van der Waals surface area (Å²) in [5.74, 6) is -1.46. The molecule has 0 radical (unpaired) electrons. The van der Waals surface area contributed by atoms with Gasteiger partial charge in [-0.25, -0.2) is 9.13 Å². The lowest BCUT2D eigenvalue weighted by Crippen LogP contribution is -2.30. The molecule has 2 unspecified atom stereocenters. The molecule has 3 N–H and O–H groups in total. The minimum absolute atomic E-state index is 0.0987. The first kappa shape index (κ1) is 79.1. The molecule has 0 heterocycles. The Hall–Kier alpha value is -1.94. The number of hydrogen-bond donors (Lipinski definition) is 3.